The van der Waals surface area contributed by atoms with E-state index in [1.165, 1.54) is 27.2 Å². The third kappa shape index (κ3) is 2.99. The number of carboxylic acids is 1. The van der Waals surface area contributed by atoms with E-state index < -0.39 is 5.97 Å². The van der Waals surface area contributed by atoms with E-state index in [1.807, 2.05) is 5.38 Å². The van der Waals surface area contributed by atoms with Crippen LogP contribution in [-0.2, 0) is 11.3 Å². The van der Waals surface area contributed by atoms with Gasteiger partial charge >= 0.3 is 5.97 Å². The summed E-state index contributed by atoms with van der Waals surface area (Å²) < 4.78 is 2.07. The van der Waals surface area contributed by atoms with Gasteiger partial charge in [-0.3, -0.25) is 14.2 Å². The smallest absolute Gasteiger partial charge is 0.313 e. The Morgan fingerprint density at radius 1 is 1.38 bits per heavy atom. The van der Waals surface area contributed by atoms with Crippen LogP contribution in [0.25, 0.3) is 10.2 Å². The molecule has 9 heteroatoms. The van der Waals surface area contributed by atoms with E-state index in [1.54, 1.807) is 17.6 Å². The van der Waals surface area contributed by atoms with Crippen LogP contribution in [0.4, 0.5) is 0 Å². The van der Waals surface area contributed by atoms with Crippen LogP contribution in [0.5, 0.6) is 0 Å². The number of carboxylic acid groups (broad SMARTS) is 1. The topological polar surface area (TPSA) is 85.1 Å². The maximum atomic E-state index is 12.5. The van der Waals surface area contributed by atoms with Crippen LogP contribution in [-0.4, -0.2) is 31.4 Å². The van der Waals surface area contributed by atoms with Gasteiger partial charge in [-0.05, 0) is 11.4 Å². The van der Waals surface area contributed by atoms with Gasteiger partial charge in [-0.25, -0.2) is 9.97 Å². The fourth-order valence-electron chi connectivity index (χ4n) is 1.77. The van der Waals surface area contributed by atoms with Crippen molar-refractivity contribution in [3.05, 3.63) is 38.4 Å². The molecule has 0 bridgehead atoms. The molecule has 0 unspecified atom stereocenters. The van der Waals surface area contributed by atoms with Gasteiger partial charge in [0.05, 0.1) is 17.8 Å². The van der Waals surface area contributed by atoms with Gasteiger partial charge < -0.3 is 5.11 Å². The highest BCUT2D eigenvalue weighted by Crippen LogP contribution is 2.21. The summed E-state index contributed by atoms with van der Waals surface area (Å²) in [6.07, 6.45) is 1.67. The fourth-order valence-corrected chi connectivity index (χ4v) is 3.87. The van der Waals surface area contributed by atoms with Crippen molar-refractivity contribution in [2.24, 2.45) is 0 Å². The molecule has 3 heterocycles. The lowest BCUT2D eigenvalue weighted by Gasteiger charge is -2.09. The minimum absolute atomic E-state index is 0.139. The average molecular weight is 339 g/mol. The number of thiazole rings is 1. The summed E-state index contributed by atoms with van der Waals surface area (Å²) >= 11 is 3.82. The van der Waals surface area contributed by atoms with E-state index in [-0.39, 0.29) is 11.3 Å². The quantitative estimate of drug-likeness (QED) is 0.566. The lowest BCUT2D eigenvalue weighted by Crippen LogP contribution is -2.23. The SMILES string of the molecule is O=C(O)CSc1nc2ccsc2c(=O)n1Cc1nccs1. The zero-order valence-corrected chi connectivity index (χ0v) is 13.0. The Bertz CT molecular complexity index is 838. The molecule has 0 atom stereocenters. The molecule has 108 valence electrons. The average Bonchev–Trinajstić information content (AvgIpc) is 3.11. The zero-order chi connectivity index (χ0) is 14.8. The normalized spacial score (nSPS) is 11.0. The van der Waals surface area contributed by atoms with E-state index in [0.717, 1.165) is 16.8 Å². The van der Waals surface area contributed by atoms with Crippen molar-refractivity contribution in [3.63, 3.8) is 0 Å². The van der Waals surface area contributed by atoms with Gasteiger partial charge in [-0.2, -0.15) is 0 Å². The lowest BCUT2D eigenvalue weighted by molar-refractivity contribution is -0.133. The summed E-state index contributed by atoms with van der Waals surface area (Å²) in [4.78, 5) is 31.8. The van der Waals surface area contributed by atoms with Gasteiger partial charge in [-0.15, -0.1) is 22.7 Å². The molecule has 1 N–H and O–H groups in total. The number of hydrogen-bond donors (Lipinski definition) is 1. The summed E-state index contributed by atoms with van der Waals surface area (Å²) in [5.74, 6) is -1.08. The number of nitrogens with zero attached hydrogens (tertiary/aromatic N) is 3. The van der Waals surface area contributed by atoms with E-state index in [0.29, 0.717) is 21.9 Å². The summed E-state index contributed by atoms with van der Waals surface area (Å²) in [5, 5.41) is 13.6. The van der Waals surface area contributed by atoms with Gasteiger partial charge in [-0.1, -0.05) is 11.8 Å². The third-order valence-corrected chi connectivity index (χ3v) is 5.25. The highest BCUT2D eigenvalue weighted by molar-refractivity contribution is 7.99. The zero-order valence-electron chi connectivity index (χ0n) is 10.6. The van der Waals surface area contributed by atoms with Gasteiger partial charge in [0.25, 0.3) is 5.56 Å². The summed E-state index contributed by atoms with van der Waals surface area (Å²) in [6, 6.07) is 1.76. The summed E-state index contributed by atoms with van der Waals surface area (Å²) in [5.41, 5.74) is 0.450. The predicted molar refractivity (Wildman–Crippen MR) is 83.5 cm³/mol. The molecule has 0 aromatic carbocycles. The van der Waals surface area contributed by atoms with E-state index in [9.17, 15) is 9.59 Å². The van der Waals surface area contributed by atoms with Crippen LogP contribution in [0, 0.1) is 0 Å². The molecule has 0 saturated heterocycles. The van der Waals surface area contributed by atoms with E-state index in [4.69, 9.17) is 5.11 Å². The minimum atomic E-state index is -0.944. The first-order valence-electron chi connectivity index (χ1n) is 5.86. The second-order valence-electron chi connectivity index (χ2n) is 4.03. The van der Waals surface area contributed by atoms with Crippen LogP contribution in [0.2, 0.25) is 0 Å². The molecule has 0 radical (unpaired) electrons. The van der Waals surface area contributed by atoms with Crippen molar-refractivity contribution in [3.8, 4) is 0 Å². The molecule has 0 aliphatic rings. The Labute approximate surface area is 131 Å². The number of aliphatic carboxylic acids is 1. The van der Waals surface area contributed by atoms with Crippen LogP contribution in [0.3, 0.4) is 0 Å². The maximum absolute atomic E-state index is 12.5. The molecule has 0 spiro atoms. The van der Waals surface area contributed by atoms with Crippen molar-refractivity contribution in [1.29, 1.82) is 0 Å². The Morgan fingerprint density at radius 3 is 2.95 bits per heavy atom. The van der Waals surface area contributed by atoms with Crippen molar-refractivity contribution in [2.75, 3.05) is 5.75 Å². The van der Waals surface area contributed by atoms with Crippen LogP contribution in [0.1, 0.15) is 5.01 Å². The first-order valence-corrected chi connectivity index (χ1v) is 8.60. The Balaban J connectivity index is 2.08. The van der Waals surface area contributed by atoms with Crippen LogP contribution in [0.15, 0.2) is 33.0 Å². The largest absolute Gasteiger partial charge is 0.481 e. The Morgan fingerprint density at radius 2 is 2.24 bits per heavy atom. The number of aromatic nitrogens is 3. The number of rotatable bonds is 5. The molecule has 0 saturated carbocycles. The van der Waals surface area contributed by atoms with Gasteiger partial charge in [0.15, 0.2) is 5.16 Å². The molecule has 3 aromatic heterocycles. The van der Waals surface area contributed by atoms with E-state index >= 15 is 0 Å². The van der Waals surface area contributed by atoms with Crippen LogP contribution < -0.4 is 5.56 Å². The molecule has 21 heavy (non-hydrogen) atoms. The molecular weight excluding hydrogens is 330 g/mol. The Kier molecular flexibility index (Phi) is 4.04. The maximum Gasteiger partial charge on any atom is 0.313 e. The second-order valence-corrected chi connectivity index (χ2v) is 6.87. The van der Waals surface area contributed by atoms with Gasteiger partial charge in [0.2, 0.25) is 0 Å². The van der Waals surface area contributed by atoms with E-state index in [2.05, 4.69) is 9.97 Å². The number of fused-ring (bicyclic) bond motifs is 1. The highest BCUT2D eigenvalue weighted by Gasteiger charge is 2.14. The van der Waals surface area contributed by atoms with Gasteiger partial charge in [0.1, 0.15) is 9.71 Å². The van der Waals surface area contributed by atoms with Crippen molar-refractivity contribution >= 4 is 50.6 Å². The molecule has 0 aliphatic heterocycles. The highest BCUT2D eigenvalue weighted by atomic mass is 32.2. The van der Waals surface area contributed by atoms with Crippen molar-refractivity contribution < 1.29 is 9.90 Å². The minimum Gasteiger partial charge on any atom is -0.481 e. The monoisotopic (exact) mass is 339 g/mol. The van der Waals surface area contributed by atoms with Crippen LogP contribution >= 0.6 is 34.4 Å². The first kappa shape index (κ1) is 14.2. The van der Waals surface area contributed by atoms with Crippen molar-refractivity contribution in [1.82, 2.24) is 14.5 Å². The summed E-state index contributed by atoms with van der Waals surface area (Å²) in [7, 11) is 0. The summed E-state index contributed by atoms with van der Waals surface area (Å²) in [6.45, 7) is 0.305. The number of hydrogen-bond acceptors (Lipinski definition) is 7. The molecule has 6 nitrogen and oxygen atoms in total. The number of thioether (sulfide) groups is 1. The molecule has 3 rings (SSSR count). The van der Waals surface area contributed by atoms with Gasteiger partial charge in [0, 0.05) is 11.6 Å². The Hall–Kier alpha value is -1.71. The standard InChI is InChI=1S/C12H9N3O3S3/c16-9(17)6-21-12-14-7-1-3-20-10(7)11(18)15(12)5-8-13-2-4-19-8/h1-4H,5-6H2,(H,16,17). The molecule has 0 aliphatic carbocycles. The number of carbonyl (C=O) groups is 1. The molecule has 0 fully saturated rings. The fraction of sp³-hybridized carbons (Fsp3) is 0.167. The third-order valence-electron chi connectivity index (χ3n) is 2.63. The van der Waals surface area contributed by atoms with Crippen molar-refractivity contribution in [2.45, 2.75) is 11.7 Å². The predicted octanol–water partition coefficient (Wildman–Crippen LogP) is 2.14. The first-order chi connectivity index (χ1) is 10.1. The molecule has 3 aromatic rings. The lowest BCUT2D eigenvalue weighted by atomic mass is 10.4. The second kappa shape index (κ2) is 5.96. The molecule has 0 amide bonds. The number of thiophene rings is 1. The molecular formula is C12H9N3O3S3.